The van der Waals surface area contributed by atoms with Crippen LogP contribution >= 0.6 is 0 Å². The third kappa shape index (κ3) is 5.97. The highest BCUT2D eigenvalue weighted by atomic mass is 19.4. The lowest BCUT2D eigenvalue weighted by Gasteiger charge is -2.38. The van der Waals surface area contributed by atoms with E-state index in [9.17, 15) is 26.3 Å². The molecular formula is C19H22F6O2. The van der Waals surface area contributed by atoms with Crippen molar-refractivity contribution < 1.29 is 35.8 Å². The van der Waals surface area contributed by atoms with Gasteiger partial charge in [0.15, 0.2) is 0 Å². The largest absolute Gasteiger partial charge is 0.411 e. The zero-order chi connectivity index (χ0) is 21.1. The number of hydrogen-bond donors (Lipinski definition) is 0. The number of halogens is 6. The van der Waals surface area contributed by atoms with Gasteiger partial charge < -0.3 is 9.47 Å². The van der Waals surface area contributed by atoms with Crippen LogP contribution in [-0.4, -0.2) is 40.8 Å². The maximum Gasteiger partial charge on any atom is 0.411 e. The van der Waals surface area contributed by atoms with Crippen molar-refractivity contribution in [2.24, 2.45) is 0 Å². The first-order valence-electron chi connectivity index (χ1n) is 7.59. The molecule has 0 saturated carbocycles. The Morgan fingerprint density at radius 1 is 0.519 bits per heavy atom. The molecule has 0 unspecified atom stereocenters. The molecule has 0 amide bonds. The number of alkyl halides is 6. The molecule has 0 spiro atoms. The normalized spacial score (nSPS) is 11.6. The predicted molar refractivity (Wildman–Crippen MR) is 91.6 cm³/mol. The molecule has 0 N–H and O–H groups in total. The number of ether oxygens (including phenoxy) is 2. The van der Waals surface area contributed by atoms with Gasteiger partial charge in [-0.3, -0.25) is 0 Å². The number of methoxy groups -OCH3 is 2. The van der Waals surface area contributed by atoms with Crippen molar-refractivity contribution in [2.45, 2.75) is 17.8 Å². The zero-order valence-electron chi connectivity index (χ0n) is 15.4. The minimum Gasteiger partial charge on any atom is -0.388 e. The molecule has 2 aromatic carbocycles. The van der Waals surface area contributed by atoms with Crippen molar-refractivity contribution in [1.29, 1.82) is 0 Å². The summed E-state index contributed by atoms with van der Waals surface area (Å²) in [5.74, 6) is 0. The van der Waals surface area contributed by atoms with E-state index in [1.54, 1.807) is 28.4 Å². The molecule has 27 heavy (non-hydrogen) atoms. The van der Waals surface area contributed by atoms with E-state index in [1.165, 1.54) is 12.1 Å². The van der Waals surface area contributed by atoms with Crippen molar-refractivity contribution in [2.75, 3.05) is 28.4 Å². The predicted octanol–water partition coefficient (Wildman–Crippen LogP) is 5.62. The molecule has 0 aliphatic carbocycles. The molecule has 2 nitrogen and oxygen atoms in total. The van der Waals surface area contributed by atoms with Gasteiger partial charge in [-0.25, -0.2) is 0 Å². The lowest BCUT2D eigenvalue weighted by molar-refractivity contribution is -0.288. The van der Waals surface area contributed by atoms with Crippen LogP contribution in [0.5, 0.6) is 0 Å². The summed E-state index contributed by atoms with van der Waals surface area (Å²) in [5.41, 5.74) is -5.74. The molecule has 0 aliphatic heterocycles. The van der Waals surface area contributed by atoms with E-state index in [2.05, 4.69) is 9.47 Å². The molecule has 0 bridgehead atoms. The maximum atomic E-state index is 13.5. The fourth-order valence-corrected chi connectivity index (χ4v) is 2.36. The Labute approximate surface area is 154 Å². The van der Waals surface area contributed by atoms with Gasteiger partial charge in [-0.2, -0.15) is 26.3 Å². The van der Waals surface area contributed by atoms with Gasteiger partial charge >= 0.3 is 12.4 Å². The molecule has 2 aromatic rings. The van der Waals surface area contributed by atoms with Crippen LogP contribution in [0, 0.1) is 0 Å². The second-order valence-corrected chi connectivity index (χ2v) is 5.29. The molecule has 0 aliphatic rings. The molecule has 0 heterocycles. The lowest BCUT2D eigenvalue weighted by Crippen LogP contribution is -2.54. The topological polar surface area (TPSA) is 18.5 Å². The average Bonchev–Trinajstić information content (AvgIpc) is 2.56. The Morgan fingerprint density at radius 2 is 0.741 bits per heavy atom. The van der Waals surface area contributed by atoms with Gasteiger partial charge in [0, 0.05) is 28.4 Å². The average molecular weight is 396 g/mol. The van der Waals surface area contributed by atoms with Gasteiger partial charge in [0.05, 0.1) is 0 Å². The van der Waals surface area contributed by atoms with Gasteiger partial charge in [0.2, 0.25) is 5.41 Å². The Kier molecular flexibility index (Phi) is 10.1. The molecule has 0 fully saturated rings. The molecule has 0 saturated heterocycles. The SMILES string of the molecule is COC.COC.FC(F)(F)C(c1ccccc1)(c1ccccc1)C(F)(F)F. The highest BCUT2D eigenvalue weighted by Gasteiger charge is 2.72. The molecule has 8 heteroatoms. The van der Waals surface area contributed by atoms with Crippen LogP contribution in [0.25, 0.3) is 0 Å². The Bertz CT molecular complexity index is 567. The van der Waals surface area contributed by atoms with E-state index in [4.69, 9.17) is 0 Å². The highest BCUT2D eigenvalue weighted by Crippen LogP contribution is 2.55. The first kappa shape index (κ1) is 24.9. The molecular weight excluding hydrogens is 374 g/mol. The lowest BCUT2D eigenvalue weighted by atomic mass is 9.73. The van der Waals surface area contributed by atoms with E-state index in [1.807, 2.05) is 0 Å². The minimum atomic E-state index is -5.52. The first-order chi connectivity index (χ1) is 12.5. The second kappa shape index (κ2) is 10.9. The third-order valence-electron chi connectivity index (χ3n) is 3.26. The molecule has 2 rings (SSSR count). The van der Waals surface area contributed by atoms with E-state index < -0.39 is 28.9 Å². The summed E-state index contributed by atoms with van der Waals surface area (Å²) in [6.45, 7) is 0. The van der Waals surface area contributed by atoms with Gasteiger partial charge in [-0.15, -0.1) is 0 Å². The first-order valence-corrected chi connectivity index (χ1v) is 7.59. The number of benzene rings is 2. The summed E-state index contributed by atoms with van der Waals surface area (Å²) in [4.78, 5) is 0. The van der Waals surface area contributed by atoms with E-state index in [-0.39, 0.29) is 0 Å². The van der Waals surface area contributed by atoms with Gasteiger partial charge in [-0.05, 0) is 11.1 Å². The summed E-state index contributed by atoms with van der Waals surface area (Å²) < 4.78 is 89.6. The fraction of sp³-hybridized carbons (Fsp3) is 0.368. The van der Waals surface area contributed by atoms with Crippen LogP contribution in [-0.2, 0) is 14.9 Å². The third-order valence-corrected chi connectivity index (χ3v) is 3.26. The van der Waals surface area contributed by atoms with Crippen molar-refractivity contribution in [3.05, 3.63) is 71.8 Å². The van der Waals surface area contributed by atoms with Gasteiger partial charge in [-0.1, -0.05) is 60.7 Å². The van der Waals surface area contributed by atoms with E-state index >= 15 is 0 Å². The maximum absolute atomic E-state index is 13.5. The monoisotopic (exact) mass is 396 g/mol. The quantitative estimate of drug-likeness (QED) is 0.613. The molecule has 152 valence electrons. The second-order valence-electron chi connectivity index (χ2n) is 5.29. The highest BCUT2D eigenvalue weighted by molar-refractivity contribution is 5.43. The molecule has 0 atom stereocenters. The summed E-state index contributed by atoms with van der Waals surface area (Å²) in [6.07, 6.45) is -11.0. The van der Waals surface area contributed by atoms with Crippen LogP contribution in [0.4, 0.5) is 26.3 Å². The van der Waals surface area contributed by atoms with Crippen LogP contribution in [0.2, 0.25) is 0 Å². The van der Waals surface area contributed by atoms with Crippen molar-refractivity contribution in [1.82, 2.24) is 0 Å². The summed E-state index contributed by atoms with van der Waals surface area (Å²) in [7, 11) is 6.50. The van der Waals surface area contributed by atoms with Crippen molar-refractivity contribution in [3.8, 4) is 0 Å². The Morgan fingerprint density at radius 3 is 0.926 bits per heavy atom. The van der Waals surface area contributed by atoms with Crippen LogP contribution in [0.3, 0.4) is 0 Å². The standard InChI is InChI=1S/C15H10F6.2C2H6O/c16-14(17,18)13(15(19,20)21,11-7-3-1-4-8-11)12-9-5-2-6-10-12;2*1-3-2/h1-10H;2*1-2H3. The van der Waals surface area contributed by atoms with Gasteiger partial charge in [0.1, 0.15) is 0 Å². The number of rotatable bonds is 2. The van der Waals surface area contributed by atoms with E-state index in [0.29, 0.717) is 0 Å². The van der Waals surface area contributed by atoms with Crippen molar-refractivity contribution in [3.63, 3.8) is 0 Å². The summed E-state index contributed by atoms with van der Waals surface area (Å²) in [6, 6.07) is 10.7. The number of hydrogen-bond acceptors (Lipinski definition) is 2. The van der Waals surface area contributed by atoms with Crippen LogP contribution in [0.15, 0.2) is 60.7 Å². The van der Waals surface area contributed by atoms with Gasteiger partial charge in [0.25, 0.3) is 0 Å². The summed E-state index contributed by atoms with van der Waals surface area (Å²) >= 11 is 0. The minimum absolute atomic E-state index is 0.841. The van der Waals surface area contributed by atoms with Crippen LogP contribution < -0.4 is 0 Å². The van der Waals surface area contributed by atoms with Crippen LogP contribution in [0.1, 0.15) is 11.1 Å². The summed E-state index contributed by atoms with van der Waals surface area (Å²) in [5, 5.41) is 0. The Hall–Kier alpha value is -2.06. The molecule has 0 aromatic heterocycles. The fourth-order valence-electron chi connectivity index (χ4n) is 2.36. The van der Waals surface area contributed by atoms with Crippen molar-refractivity contribution >= 4 is 0 Å². The van der Waals surface area contributed by atoms with E-state index in [0.717, 1.165) is 48.5 Å². The Balaban J connectivity index is 0.000000997. The zero-order valence-corrected chi connectivity index (χ0v) is 15.4. The molecule has 0 radical (unpaired) electrons. The smallest absolute Gasteiger partial charge is 0.388 e.